The third-order valence-electron chi connectivity index (χ3n) is 5.54. The lowest BCUT2D eigenvalue weighted by molar-refractivity contribution is -0.124. The maximum Gasteiger partial charge on any atom is 0.258 e. The Morgan fingerprint density at radius 2 is 1.69 bits per heavy atom. The van der Waals surface area contributed by atoms with E-state index in [0.717, 1.165) is 17.9 Å². The molecule has 4 heteroatoms. The van der Waals surface area contributed by atoms with E-state index in [0.29, 0.717) is 6.04 Å². The van der Waals surface area contributed by atoms with Gasteiger partial charge < -0.3 is 15.4 Å². The molecule has 2 aromatic rings. The van der Waals surface area contributed by atoms with Gasteiger partial charge in [0.1, 0.15) is 5.75 Å². The Kier molecular flexibility index (Phi) is 7.54. The molecular formula is C25H36N2O2. The molecular weight excluding hydrogens is 360 g/mol. The van der Waals surface area contributed by atoms with Gasteiger partial charge >= 0.3 is 0 Å². The minimum absolute atomic E-state index is 0.0338. The summed E-state index contributed by atoms with van der Waals surface area (Å²) in [5, 5.41) is 9.14. The number of fused-ring (bicyclic) bond motifs is 1. The summed E-state index contributed by atoms with van der Waals surface area (Å²) in [7, 11) is 0. The number of hydrogen-bond acceptors (Lipinski definition) is 3. The van der Waals surface area contributed by atoms with E-state index in [1.165, 1.54) is 55.7 Å². The summed E-state index contributed by atoms with van der Waals surface area (Å²) in [6, 6.07) is 13.0. The molecule has 3 rings (SSSR count). The second kappa shape index (κ2) is 10.1. The largest absolute Gasteiger partial charge is 0.483 e. The molecule has 0 unspecified atom stereocenters. The van der Waals surface area contributed by atoms with Crippen LogP contribution in [0.4, 0.5) is 0 Å². The topological polar surface area (TPSA) is 50.4 Å². The lowest BCUT2D eigenvalue weighted by Crippen LogP contribution is -2.43. The molecule has 2 N–H and O–H groups in total. The van der Waals surface area contributed by atoms with Crippen molar-refractivity contribution in [3.63, 3.8) is 0 Å². The molecule has 0 spiro atoms. The predicted molar refractivity (Wildman–Crippen MR) is 120 cm³/mol. The van der Waals surface area contributed by atoms with Crippen molar-refractivity contribution in [1.82, 2.24) is 10.6 Å². The highest BCUT2D eigenvalue weighted by atomic mass is 16.5. The first-order valence-electron chi connectivity index (χ1n) is 11.1. The number of nitrogens with one attached hydrogen (secondary N) is 2. The molecule has 1 fully saturated rings. The zero-order valence-electron chi connectivity index (χ0n) is 18.2. The van der Waals surface area contributed by atoms with Crippen molar-refractivity contribution in [2.45, 2.75) is 83.8 Å². The van der Waals surface area contributed by atoms with E-state index in [2.05, 4.69) is 41.0 Å². The van der Waals surface area contributed by atoms with Crippen LogP contribution < -0.4 is 15.4 Å². The highest BCUT2D eigenvalue weighted by Gasteiger charge is 2.17. The van der Waals surface area contributed by atoms with Gasteiger partial charge in [0.2, 0.25) is 0 Å². The van der Waals surface area contributed by atoms with Crippen molar-refractivity contribution < 1.29 is 9.53 Å². The lowest BCUT2D eigenvalue weighted by atomic mass is 9.96. The molecule has 2 aromatic carbocycles. The zero-order chi connectivity index (χ0) is 20.7. The van der Waals surface area contributed by atoms with Gasteiger partial charge in [-0.15, -0.1) is 0 Å². The number of ether oxygens (including phenoxy) is 1. The Bertz CT molecular complexity index is 802. The SMILES string of the molecule is CC(C)(C)NC(=O)COc1ccc2ccccc2c1CNC1CCCCCCC1. The molecule has 0 saturated heterocycles. The van der Waals surface area contributed by atoms with Gasteiger partial charge in [-0.05, 0) is 50.5 Å². The van der Waals surface area contributed by atoms with Crippen LogP contribution in [0.3, 0.4) is 0 Å². The second-order valence-electron chi connectivity index (χ2n) is 9.27. The van der Waals surface area contributed by atoms with Crippen LogP contribution in [0.2, 0.25) is 0 Å². The fraction of sp³-hybridized carbons (Fsp3) is 0.560. The Morgan fingerprint density at radius 1 is 1.00 bits per heavy atom. The maximum atomic E-state index is 12.2. The summed E-state index contributed by atoms with van der Waals surface area (Å²) >= 11 is 0. The fourth-order valence-corrected chi connectivity index (χ4v) is 4.14. The minimum Gasteiger partial charge on any atom is -0.483 e. The van der Waals surface area contributed by atoms with Gasteiger partial charge in [0.25, 0.3) is 5.91 Å². The van der Waals surface area contributed by atoms with Gasteiger partial charge in [-0.25, -0.2) is 0 Å². The number of rotatable bonds is 6. The molecule has 0 radical (unpaired) electrons. The molecule has 0 aliphatic heterocycles. The maximum absolute atomic E-state index is 12.2. The van der Waals surface area contributed by atoms with Crippen molar-refractivity contribution in [1.29, 1.82) is 0 Å². The molecule has 1 aliphatic carbocycles. The van der Waals surface area contributed by atoms with E-state index in [1.807, 2.05) is 26.8 Å². The summed E-state index contributed by atoms with van der Waals surface area (Å²) in [4.78, 5) is 12.2. The third-order valence-corrected chi connectivity index (χ3v) is 5.54. The van der Waals surface area contributed by atoms with Crippen LogP contribution in [0.25, 0.3) is 10.8 Å². The van der Waals surface area contributed by atoms with Crippen molar-refractivity contribution in [2.75, 3.05) is 6.61 Å². The highest BCUT2D eigenvalue weighted by Crippen LogP contribution is 2.29. The van der Waals surface area contributed by atoms with E-state index in [-0.39, 0.29) is 18.1 Å². The molecule has 1 saturated carbocycles. The number of amides is 1. The Morgan fingerprint density at radius 3 is 2.41 bits per heavy atom. The average Bonchev–Trinajstić information content (AvgIpc) is 2.64. The molecule has 1 amide bonds. The van der Waals surface area contributed by atoms with Crippen molar-refractivity contribution >= 4 is 16.7 Å². The second-order valence-corrected chi connectivity index (χ2v) is 9.27. The summed E-state index contributed by atoms with van der Waals surface area (Å²) in [5.74, 6) is 0.704. The smallest absolute Gasteiger partial charge is 0.258 e. The van der Waals surface area contributed by atoms with E-state index in [4.69, 9.17) is 4.74 Å². The summed E-state index contributed by atoms with van der Waals surface area (Å²) in [6.45, 7) is 6.73. The molecule has 29 heavy (non-hydrogen) atoms. The number of carbonyl (C=O) groups excluding carboxylic acids is 1. The standard InChI is InChI=1S/C25H36N2O2/c1-25(2,3)27-24(28)18-29-23-16-15-19-11-9-10-14-21(19)22(23)17-26-20-12-7-5-4-6-8-13-20/h9-11,14-16,20,26H,4-8,12-13,17-18H2,1-3H3,(H,27,28). The molecule has 4 nitrogen and oxygen atoms in total. The van der Waals surface area contributed by atoms with E-state index in [9.17, 15) is 4.79 Å². The van der Waals surface area contributed by atoms with E-state index < -0.39 is 0 Å². The van der Waals surface area contributed by atoms with E-state index in [1.54, 1.807) is 0 Å². The van der Waals surface area contributed by atoms with Gasteiger partial charge in [0, 0.05) is 23.7 Å². The lowest BCUT2D eigenvalue weighted by Gasteiger charge is -2.23. The predicted octanol–water partition coefficient (Wildman–Crippen LogP) is 5.34. The third kappa shape index (κ3) is 6.74. The summed E-state index contributed by atoms with van der Waals surface area (Å²) in [5.41, 5.74) is 0.889. The number of carbonyl (C=O) groups is 1. The van der Waals surface area contributed by atoms with Gasteiger partial charge in [-0.3, -0.25) is 4.79 Å². The van der Waals surface area contributed by atoms with Crippen molar-refractivity contribution in [3.05, 3.63) is 42.0 Å². The van der Waals surface area contributed by atoms with Crippen LogP contribution >= 0.6 is 0 Å². The fourth-order valence-electron chi connectivity index (χ4n) is 4.14. The van der Waals surface area contributed by atoms with E-state index >= 15 is 0 Å². The first kappa shape index (κ1) is 21.6. The Labute approximate surface area is 175 Å². The van der Waals surface area contributed by atoms with Crippen LogP contribution in [0, 0.1) is 0 Å². The molecule has 158 valence electrons. The quantitative estimate of drug-likeness (QED) is 0.693. The van der Waals surface area contributed by atoms with Crippen LogP contribution in [0.5, 0.6) is 5.75 Å². The van der Waals surface area contributed by atoms with Gasteiger partial charge in [-0.1, -0.05) is 62.4 Å². The number of hydrogen-bond donors (Lipinski definition) is 2. The Balaban J connectivity index is 1.74. The van der Waals surface area contributed by atoms with Gasteiger partial charge in [0.05, 0.1) is 0 Å². The van der Waals surface area contributed by atoms with Crippen LogP contribution in [0.1, 0.15) is 71.3 Å². The van der Waals surface area contributed by atoms with Crippen molar-refractivity contribution in [2.24, 2.45) is 0 Å². The van der Waals surface area contributed by atoms with Crippen molar-refractivity contribution in [3.8, 4) is 5.75 Å². The normalized spacial score (nSPS) is 16.2. The van der Waals surface area contributed by atoms with Gasteiger partial charge in [-0.2, -0.15) is 0 Å². The zero-order valence-corrected chi connectivity index (χ0v) is 18.2. The molecule has 0 bridgehead atoms. The van der Waals surface area contributed by atoms with Gasteiger partial charge in [0.15, 0.2) is 6.61 Å². The van der Waals surface area contributed by atoms with Crippen LogP contribution in [0.15, 0.2) is 36.4 Å². The monoisotopic (exact) mass is 396 g/mol. The first-order chi connectivity index (χ1) is 13.9. The molecule has 0 aromatic heterocycles. The number of benzene rings is 2. The minimum atomic E-state index is -0.258. The Hall–Kier alpha value is -2.07. The summed E-state index contributed by atoms with van der Waals surface area (Å²) in [6.07, 6.45) is 9.19. The first-order valence-corrected chi connectivity index (χ1v) is 11.1. The molecule has 0 heterocycles. The molecule has 1 aliphatic rings. The van der Waals surface area contributed by atoms with Crippen LogP contribution in [-0.4, -0.2) is 24.1 Å². The summed E-state index contributed by atoms with van der Waals surface area (Å²) < 4.78 is 5.99. The average molecular weight is 397 g/mol. The van der Waals surface area contributed by atoms with Crippen LogP contribution in [-0.2, 0) is 11.3 Å². The molecule has 0 atom stereocenters. The highest BCUT2D eigenvalue weighted by molar-refractivity contribution is 5.88.